The molecule has 0 aromatic heterocycles. The molecule has 3 aromatic rings. The van der Waals surface area contributed by atoms with Crippen LogP contribution >= 0.6 is 0 Å². The zero-order chi connectivity index (χ0) is 24.0. The number of piperazine rings is 1. The van der Waals surface area contributed by atoms with Crippen LogP contribution in [0.3, 0.4) is 0 Å². The Labute approximate surface area is 202 Å². The number of sulfonamides is 1. The number of hydrogen-bond donors (Lipinski definition) is 1. The zero-order valence-corrected chi connectivity index (χ0v) is 20.2. The lowest BCUT2D eigenvalue weighted by molar-refractivity contribution is -0.134. The Hall–Kier alpha value is -3.00. The number of carbonyl (C=O) groups excluding carboxylic acids is 1. The first-order valence-corrected chi connectivity index (χ1v) is 13.1. The van der Waals surface area contributed by atoms with Crippen LogP contribution in [0.2, 0.25) is 0 Å². The minimum atomic E-state index is -3.84. The molecule has 0 unspecified atom stereocenters. The fraction of sp³-hybridized carbons (Fsp3) is 0.296. The van der Waals surface area contributed by atoms with Gasteiger partial charge in [-0.1, -0.05) is 78.4 Å². The molecule has 0 saturated carbocycles. The average Bonchev–Trinajstić information content (AvgIpc) is 2.85. The molecule has 7 heteroatoms. The molecule has 1 fully saturated rings. The van der Waals surface area contributed by atoms with E-state index < -0.39 is 16.1 Å². The fourth-order valence-corrected chi connectivity index (χ4v) is 5.38. The van der Waals surface area contributed by atoms with Crippen LogP contribution in [0.1, 0.15) is 16.7 Å². The van der Waals surface area contributed by atoms with Gasteiger partial charge in [0, 0.05) is 32.7 Å². The smallest absolute Gasteiger partial charge is 0.241 e. The summed E-state index contributed by atoms with van der Waals surface area (Å²) in [6.45, 7) is 5.40. The van der Waals surface area contributed by atoms with Gasteiger partial charge in [-0.15, -0.1) is 0 Å². The van der Waals surface area contributed by atoms with Crippen molar-refractivity contribution in [1.29, 1.82) is 0 Å². The molecule has 0 aliphatic carbocycles. The van der Waals surface area contributed by atoms with Crippen LogP contribution in [-0.2, 0) is 27.8 Å². The predicted molar refractivity (Wildman–Crippen MR) is 134 cm³/mol. The number of benzene rings is 3. The Kier molecular flexibility index (Phi) is 7.77. The summed E-state index contributed by atoms with van der Waals surface area (Å²) >= 11 is 0. The van der Waals surface area contributed by atoms with Crippen LogP contribution < -0.4 is 4.72 Å². The average molecular weight is 478 g/mol. The second-order valence-electron chi connectivity index (χ2n) is 8.76. The molecule has 0 bridgehead atoms. The molecule has 3 aromatic carbocycles. The fourth-order valence-electron chi connectivity index (χ4n) is 4.19. The highest BCUT2D eigenvalue weighted by Gasteiger charge is 2.31. The highest BCUT2D eigenvalue weighted by Crippen LogP contribution is 2.15. The molecule has 1 atom stereocenters. The Balaban J connectivity index is 1.46. The molecule has 6 nitrogen and oxygen atoms in total. The van der Waals surface area contributed by atoms with Crippen LogP contribution in [0.15, 0.2) is 89.8 Å². The van der Waals surface area contributed by atoms with Gasteiger partial charge in [-0.25, -0.2) is 8.42 Å². The molecule has 4 rings (SSSR count). The van der Waals surface area contributed by atoms with Crippen molar-refractivity contribution in [2.45, 2.75) is 30.8 Å². The van der Waals surface area contributed by atoms with Crippen molar-refractivity contribution in [1.82, 2.24) is 14.5 Å². The summed E-state index contributed by atoms with van der Waals surface area (Å²) < 4.78 is 28.9. The molecule has 1 aliphatic heterocycles. The third kappa shape index (κ3) is 6.32. The molecular formula is C27H31N3O3S. The van der Waals surface area contributed by atoms with Crippen molar-refractivity contribution < 1.29 is 13.2 Å². The quantitative estimate of drug-likeness (QED) is 0.541. The van der Waals surface area contributed by atoms with Gasteiger partial charge in [0.1, 0.15) is 6.04 Å². The SMILES string of the molecule is Cc1ccc(S(=O)(=O)N[C@@H](Cc2ccccc2)C(=O)N2CCN(Cc3ccccc3)CC2)cc1. The van der Waals surface area contributed by atoms with Gasteiger partial charge in [-0.2, -0.15) is 4.72 Å². The lowest BCUT2D eigenvalue weighted by atomic mass is 10.1. The highest BCUT2D eigenvalue weighted by atomic mass is 32.2. The molecule has 1 saturated heterocycles. The van der Waals surface area contributed by atoms with E-state index in [-0.39, 0.29) is 10.8 Å². The summed E-state index contributed by atoms with van der Waals surface area (Å²) in [5.41, 5.74) is 3.13. The van der Waals surface area contributed by atoms with E-state index in [1.54, 1.807) is 29.2 Å². The monoisotopic (exact) mass is 477 g/mol. The third-order valence-electron chi connectivity index (χ3n) is 6.14. The van der Waals surface area contributed by atoms with Gasteiger partial charge < -0.3 is 4.90 Å². The topological polar surface area (TPSA) is 69.7 Å². The number of nitrogens with one attached hydrogen (secondary N) is 1. The van der Waals surface area contributed by atoms with Crippen molar-refractivity contribution in [2.24, 2.45) is 0 Å². The molecule has 0 spiro atoms. The van der Waals surface area contributed by atoms with Crippen LogP contribution in [0.25, 0.3) is 0 Å². The van der Waals surface area contributed by atoms with Gasteiger partial charge in [0.05, 0.1) is 4.90 Å². The van der Waals surface area contributed by atoms with Crippen LogP contribution in [-0.4, -0.2) is 56.3 Å². The molecule has 1 N–H and O–H groups in total. The van der Waals surface area contributed by atoms with Gasteiger partial charge in [0.2, 0.25) is 15.9 Å². The highest BCUT2D eigenvalue weighted by molar-refractivity contribution is 7.89. The maximum atomic E-state index is 13.5. The van der Waals surface area contributed by atoms with E-state index in [1.807, 2.05) is 55.5 Å². The van der Waals surface area contributed by atoms with Crippen LogP contribution in [0.4, 0.5) is 0 Å². The number of carbonyl (C=O) groups is 1. The van der Waals surface area contributed by atoms with Crippen molar-refractivity contribution >= 4 is 15.9 Å². The van der Waals surface area contributed by atoms with Crippen molar-refractivity contribution in [3.05, 3.63) is 102 Å². The van der Waals surface area contributed by atoms with Gasteiger partial charge in [0.25, 0.3) is 0 Å². The predicted octanol–water partition coefficient (Wildman–Crippen LogP) is 3.23. The van der Waals surface area contributed by atoms with Crippen LogP contribution in [0.5, 0.6) is 0 Å². The summed E-state index contributed by atoms with van der Waals surface area (Å²) in [7, 11) is -3.84. The molecule has 1 aliphatic rings. The van der Waals surface area contributed by atoms with Gasteiger partial charge in [-0.3, -0.25) is 9.69 Å². The van der Waals surface area contributed by atoms with Gasteiger partial charge in [-0.05, 0) is 36.6 Å². The Bertz CT molecular complexity index is 1170. The Morgan fingerprint density at radius 3 is 1.97 bits per heavy atom. The summed E-state index contributed by atoms with van der Waals surface area (Å²) in [6, 6.07) is 25.6. The first-order chi connectivity index (χ1) is 16.4. The summed E-state index contributed by atoms with van der Waals surface area (Å²) in [4.78, 5) is 17.8. The molecule has 1 heterocycles. The number of aryl methyl sites for hydroxylation is 1. The zero-order valence-electron chi connectivity index (χ0n) is 19.4. The number of rotatable bonds is 8. The molecule has 34 heavy (non-hydrogen) atoms. The van der Waals surface area contributed by atoms with Crippen molar-refractivity contribution in [3.8, 4) is 0 Å². The largest absolute Gasteiger partial charge is 0.339 e. The Morgan fingerprint density at radius 1 is 0.824 bits per heavy atom. The van der Waals surface area contributed by atoms with E-state index in [2.05, 4.69) is 21.8 Å². The second kappa shape index (κ2) is 11.0. The minimum Gasteiger partial charge on any atom is -0.339 e. The second-order valence-corrected chi connectivity index (χ2v) is 10.5. The minimum absolute atomic E-state index is 0.164. The van der Waals surface area contributed by atoms with E-state index in [0.717, 1.165) is 30.8 Å². The van der Waals surface area contributed by atoms with Crippen molar-refractivity contribution in [2.75, 3.05) is 26.2 Å². The normalized spacial score (nSPS) is 15.7. The maximum Gasteiger partial charge on any atom is 0.241 e. The summed E-state index contributed by atoms with van der Waals surface area (Å²) in [5.74, 6) is -0.182. The summed E-state index contributed by atoms with van der Waals surface area (Å²) in [6.07, 6.45) is 0.301. The first kappa shape index (κ1) is 24.1. The Morgan fingerprint density at radius 2 is 1.38 bits per heavy atom. The lowest BCUT2D eigenvalue weighted by Gasteiger charge is -2.36. The van der Waals surface area contributed by atoms with Crippen LogP contribution in [0, 0.1) is 6.92 Å². The van der Waals surface area contributed by atoms with Gasteiger partial charge in [0.15, 0.2) is 0 Å². The van der Waals surface area contributed by atoms with Gasteiger partial charge >= 0.3 is 0 Å². The summed E-state index contributed by atoms with van der Waals surface area (Å²) in [5, 5.41) is 0. The van der Waals surface area contributed by atoms with E-state index in [1.165, 1.54) is 5.56 Å². The van der Waals surface area contributed by atoms with E-state index in [4.69, 9.17) is 0 Å². The number of nitrogens with zero attached hydrogens (tertiary/aromatic N) is 2. The molecule has 178 valence electrons. The first-order valence-electron chi connectivity index (χ1n) is 11.6. The number of amides is 1. The number of hydrogen-bond acceptors (Lipinski definition) is 4. The molecule has 0 radical (unpaired) electrons. The lowest BCUT2D eigenvalue weighted by Crippen LogP contribution is -2.55. The maximum absolute atomic E-state index is 13.5. The van der Waals surface area contributed by atoms with E-state index in [9.17, 15) is 13.2 Å². The standard InChI is InChI=1S/C27H31N3O3S/c1-22-12-14-25(15-13-22)34(32,33)28-26(20-23-8-4-2-5-9-23)27(31)30-18-16-29(17-19-30)21-24-10-6-3-7-11-24/h2-15,26,28H,16-21H2,1H3/t26-/m0/s1. The van der Waals surface area contributed by atoms with E-state index >= 15 is 0 Å². The molecule has 1 amide bonds. The third-order valence-corrected chi connectivity index (χ3v) is 7.63. The van der Waals surface area contributed by atoms with Crippen molar-refractivity contribution in [3.63, 3.8) is 0 Å². The van der Waals surface area contributed by atoms with E-state index in [0.29, 0.717) is 19.5 Å². The molecular weight excluding hydrogens is 446 g/mol.